The first-order chi connectivity index (χ1) is 10.5. The standard InChI is InChI=1S/C14H20N4O2S2/c1-9(2)7-15-12(19)10(3)21-14-18-17-13(22-14)16-8-11-5-4-6-20-11/h4-6,9-10H,7-8H2,1-3H3,(H,15,19)(H,16,17). The van der Waals surface area contributed by atoms with Crippen molar-refractivity contribution >= 4 is 34.1 Å². The number of nitrogens with one attached hydrogen (secondary N) is 2. The number of anilines is 1. The molecule has 2 rings (SSSR count). The Morgan fingerprint density at radius 1 is 1.41 bits per heavy atom. The van der Waals surface area contributed by atoms with Gasteiger partial charge in [0.25, 0.3) is 0 Å². The number of rotatable bonds is 8. The van der Waals surface area contributed by atoms with E-state index in [-0.39, 0.29) is 11.2 Å². The first kappa shape index (κ1) is 16.8. The average molecular weight is 340 g/mol. The van der Waals surface area contributed by atoms with Crippen LogP contribution in [0, 0.1) is 5.92 Å². The summed E-state index contributed by atoms with van der Waals surface area (Å²) in [6.45, 7) is 7.27. The van der Waals surface area contributed by atoms with Gasteiger partial charge in [-0.15, -0.1) is 10.2 Å². The van der Waals surface area contributed by atoms with Crippen molar-refractivity contribution in [2.75, 3.05) is 11.9 Å². The van der Waals surface area contributed by atoms with Crippen molar-refractivity contribution in [2.45, 2.75) is 36.9 Å². The molecule has 0 radical (unpaired) electrons. The summed E-state index contributed by atoms with van der Waals surface area (Å²) in [5, 5.41) is 14.8. The van der Waals surface area contributed by atoms with Gasteiger partial charge in [0.1, 0.15) is 5.76 Å². The van der Waals surface area contributed by atoms with Crippen molar-refractivity contribution in [3.05, 3.63) is 24.2 Å². The lowest BCUT2D eigenvalue weighted by molar-refractivity contribution is -0.120. The molecular weight excluding hydrogens is 320 g/mol. The summed E-state index contributed by atoms with van der Waals surface area (Å²) in [7, 11) is 0. The molecule has 0 fully saturated rings. The minimum absolute atomic E-state index is 0.0268. The second kappa shape index (κ2) is 8.19. The van der Waals surface area contributed by atoms with Crippen molar-refractivity contribution in [3.63, 3.8) is 0 Å². The molecule has 120 valence electrons. The van der Waals surface area contributed by atoms with Gasteiger partial charge in [-0.25, -0.2) is 0 Å². The molecule has 1 atom stereocenters. The van der Waals surface area contributed by atoms with Crippen LogP contribution in [0.2, 0.25) is 0 Å². The molecule has 0 bridgehead atoms. The lowest BCUT2D eigenvalue weighted by atomic mass is 10.2. The molecule has 2 aromatic rings. The third kappa shape index (κ3) is 5.34. The molecule has 8 heteroatoms. The van der Waals surface area contributed by atoms with Crippen LogP contribution >= 0.6 is 23.1 Å². The number of nitrogens with zero attached hydrogens (tertiary/aromatic N) is 2. The van der Waals surface area contributed by atoms with E-state index < -0.39 is 0 Å². The maximum atomic E-state index is 11.9. The average Bonchev–Trinajstić information content (AvgIpc) is 3.13. The minimum atomic E-state index is -0.190. The summed E-state index contributed by atoms with van der Waals surface area (Å²) in [6.07, 6.45) is 1.63. The molecule has 0 aliphatic rings. The maximum Gasteiger partial charge on any atom is 0.233 e. The Morgan fingerprint density at radius 2 is 2.23 bits per heavy atom. The fourth-order valence-electron chi connectivity index (χ4n) is 1.56. The number of furan rings is 1. The minimum Gasteiger partial charge on any atom is -0.467 e. The van der Waals surface area contributed by atoms with Gasteiger partial charge in [0.05, 0.1) is 18.1 Å². The normalized spacial score (nSPS) is 12.4. The van der Waals surface area contributed by atoms with Gasteiger partial charge in [-0.2, -0.15) is 0 Å². The zero-order valence-corrected chi connectivity index (χ0v) is 14.5. The van der Waals surface area contributed by atoms with Gasteiger partial charge in [-0.1, -0.05) is 36.9 Å². The van der Waals surface area contributed by atoms with Crippen LogP contribution in [0.1, 0.15) is 26.5 Å². The highest BCUT2D eigenvalue weighted by Gasteiger charge is 2.17. The van der Waals surface area contributed by atoms with E-state index in [0.29, 0.717) is 24.1 Å². The molecular formula is C14H20N4O2S2. The van der Waals surface area contributed by atoms with Crippen LogP contribution in [0.25, 0.3) is 0 Å². The van der Waals surface area contributed by atoms with Crippen LogP contribution in [0.15, 0.2) is 27.2 Å². The SMILES string of the molecule is CC(C)CNC(=O)C(C)Sc1nnc(NCc2ccco2)s1. The van der Waals surface area contributed by atoms with Crippen molar-refractivity contribution in [2.24, 2.45) is 5.92 Å². The zero-order valence-electron chi connectivity index (χ0n) is 12.8. The number of carbonyl (C=O) groups is 1. The van der Waals surface area contributed by atoms with Crippen LogP contribution in [-0.2, 0) is 11.3 Å². The van der Waals surface area contributed by atoms with Gasteiger partial charge in [0, 0.05) is 6.54 Å². The summed E-state index contributed by atoms with van der Waals surface area (Å²) >= 11 is 2.85. The van der Waals surface area contributed by atoms with Crippen molar-refractivity contribution < 1.29 is 9.21 Å². The van der Waals surface area contributed by atoms with Crippen LogP contribution in [0.5, 0.6) is 0 Å². The van der Waals surface area contributed by atoms with Crippen LogP contribution in [-0.4, -0.2) is 27.9 Å². The molecule has 0 saturated carbocycles. The van der Waals surface area contributed by atoms with Crippen LogP contribution in [0.4, 0.5) is 5.13 Å². The van der Waals surface area contributed by atoms with E-state index in [4.69, 9.17) is 4.42 Å². The van der Waals surface area contributed by atoms with E-state index >= 15 is 0 Å². The van der Waals surface area contributed by atoms with Crippen molar-refractivity contribution in [1.29, 1.82) is 0 Å². The molecule has 0 spiro atoms. The van der Waals surface area contributed by atoms with Crippen LogP contribution < -0.4 is 10.6 Å². The molecule has 0 aliphatic heterocycles. The first-order valence-corrected chi connectivity index (χ1v) is 8.78. The fraction of sp³-hybridized carbons (Fsp3) is 0.500. The molecule has 1 amide bonds. The summed E-state index contributed by atoms with van der Waals surface area (Å²) < 4.78 is 6.01. The van der Waals surface area contributed by atoms with E-state index in [1.54, 1.807) is 6.26 Å². The van der Waals surface area contributed by atoms with Gasteiger partial charge in [-0.3, -0.25) is 4.79 Å². The zero-order chi connectivity index (χ0) is 15.9. The van der Waals surface area contributed by atoms with E-state index in [0.717, 1.165) is 10.1 Å². The Balaban J connectivity index is 1.79. The second-order valence-corrected chi connectivity index (χ2v) is 7.77. The van der Waals surface area contributed by atoms with Gasteiger partial charge in [0.2, 0.25) is 11.0 Å². The van der Waals surface area contributed by atoms with E-state index in [2.05, 4.69) is 34.7 Å². The Bertz CT molecular complexity index is 583. The Labute approximate surface area is 138 Å². The molecule has 0 saturated heterocycles. The van der Waals surface area contributed by atoms with Gasteiger partial charge in [0.15, 0.2) is 4.34 Å². The third-order valence-corrected chi connectivity index (χ3v) is 4.80. The predicted octanol–water partition coefficient (Wildman–Crippen LogP) is 3.00. The highest BCUT2D eigenvalue weighted by atomic mass is 32.2. The smallest absolute Gasteiger partial charge is 0.233 e. The number of hydrogen-bond acceptors (Lipinski definition) is 7. The topological polar surface area (TPSA) is 80.0 Å². The Kier molecular flexibility index (Phi) is 6.26. The Morgan fingerprint density at radius 3 is 2.91 bits per heavy atom. The summed E-state index contributed by atoms with van der Waals surface area (Å²) in [6, 6.07) is 3.74. The molecule has 0 aromatic carbocycles. The second-order valence-electron chi connectivity index (χ2n) is 5.21. The molecule has 6 nitrogen and oxygen atoms in total. The van der Waals surface area contributed by atoms with Crippen molar-refractivity contribution in [1.82, 2.24) is 15.5 Å². The monoisotopic (exact) mass is 340 g/mol. The molecule has 1 unspecified atom stereocenters. The van der Waals surface area contributed by atoms with Gasteiger partial charge < -0.3 is 15.1 Å². The molecule has 2 heterocycles. The number of aromatic nitrogens is 2. The lowest BCUT2D eigenvalue weighted by Crippen LogP contribution is -2.33. The number of amides is 1. The predicted molar refractivity (Wildman–Crippen MR) is 89.1 cm³/mol. The summed E-state index contributed by atoms with van der Waals surface area (Å²) in [4.78, 5) is 11.9. The van der Waals surface area contributed by atoms with Gasteiger partial charge >= 0.3 is 0 Å². The van der Waals surface area contributed by atoms with Crippen LogP contribution in [0.3, 0.4) is 0 Å². The van der Waals surface area contributed by atoms with E-state index in [1.807, 2.05) is 19.1 Å². The van der Waals surface area contributed by atoms with Gasteiger partial charge in [-0.05, 0) is 25.0 Å². The molecule has 2 aromatic heterocycles. The maximum absolute atomic E-state index is 11.9. The van der Waals surface area contributed by atoms with E-state index in [1.165, 1.54) is 23.1 Å². The number of carbonyl (C=O) groups excluding carboxylic acids is 1. The number of thioether (sulfide) groups is 1. The van der Waals surface area contributed by atoms with E-state index in [9.17, 15) is 4.79 Å². The van der Waals surface area contributed by atoms with Crippen molar-refractivity contribution in [3.8, 4) is 0 Å². The first-order valence-electron chi connectivity index (χ1n) is 7.08. The fourth-order valence-corrected chi connectivity index (χ4v) is 3.47. The molecule has 2 N–H and O–H groups in total. The number of hydrogen-bond donors (Lipinski definition) is 2. The summed E-state index contributed by atoms with van der Waals surface area (Å²) in [5.41, 5.74) is 0. The largest absolute Gasteiger partial charge is 0.467 e. The lowest BCUT2D eigenvalue weighted by Gasteiger charge is -2.11. The summed E-state index contributed by atoms with van der Waals surface area (Å²) in [5.74, 6) is 1.31. The molecule has 0 aliphatic carbocycles. The highest BCUT2D eigenvalue weighted by Crippen LogP contribution is 2.29. The highest BCUT2D eigenvalue weighted by molar-refractivity contribution is 8.02. The molecule has 22 heavy (non-hydrogen) atoms. The quantitative estimate of drug-likeness (QED) is 0.719. The Hall–Kier alpha value is -1.54. The third-order valence-electron chi connectivity index (χ3n) is 2.73.